The van der Waals surface area contributed by atoms with Crippen LogP contribution in [0.3, 0.4) is 0 Å². The van der Waals surface area contributed by atoms with E-state index in [4.69, 9.17) is 4.74 Å². The molecule has 0 saturated carbocycles. The number of ether oxygens (including phenoxy) is 1. The topological polar surface area (TPSA) is 64.9 Å². The minimum Gasteiger partial charge on any atom is -0.497 e. The van der Waals surface area contributed by atoms with Gasteiger partial charge in [0, 0.05) is 6.54 Å². The van der Waals surface area contributed by atoms with Crippen molar-refractivity contribution < 1.29 is 4.74 Å². The summed E-state index contributed by atoms with van der Waals surface area (Å²) < 4.78 is 6.76. The van der Waals surface area contributed by atoms with E-state index in [9.17, 15) is 0 Å². The fraction of sp³-hybridized carbons (Fsp3) is 0.133. The average molecular weight is 281 g/mol. The van der Waals surface area contributed by atoms with Crippen LogP contribution in [0.1, 0.15) is 5.56 Å². The molecule has 0 radical (unpaired) electrons. The van der Waals surface area contributed by atoms with Gasteiger partial charge in [-0.3, -0.25) is 0 Å². The zero-order chi connectivity index (χ0) is 14.5. The number of rotatable bonds is 5. The van der Waals surface area contributed by atoms with Crippen LogP contribution in [0.5, 0.6) is 5.75 Å². The van der Waals surface area contributed by atoms with Gasteiger partial charge in [-0.1, -0.05) is 12.1 Å². The van der Waals surface area contributed by atoms with Gasteiger partial charge in [0.1, 0.15) is 18.4 Å². The third-order valence-corrected chi connectivity index (χ3v) is 3.06. The molecule has 2 aromatic heterocycles. The van der Waals surface area contributed by atoms with Gasteiger partial charge in [-0.2, -0.15) is 5.10 Å². The number of hydrogen-bond acceptors (Lipinski definition) is 5. The van der Waals surface area contributed by atoms with E-state index in [0.717, 1.165) is 23.8 Å². The predicted molar refractivity (Wildman–Crippen MR) is 79.5 cm³/mol. The molecule has 0 unspecified atom stereocenters. The zero-order valence-electron chi connectivity index (χ0n) is 11.6. The Kier molecular flexibility index (Phi) is 3.77. The van der Waals surface area contributed by atoms with E-state index in [1.54, 1.807) is 24.3 Å². The number of anilines is 1. The molecule has 1 N–H and O–H groups in total. The van der Waals surface area contributed by atoms with E-state index in [1.165, 1.54) is 11.9 Å². The summed E-state index contributed by atoms with van der Waals surface area (Å²) in [6.07, 6.45) is 4.88. The summed E-state index contributed by atoms with van der Waals surface area (Å²) in [4.78, 5) is 8.24. The fourth-order valence-corrected chi connectivity index (χ4v) is 1.90. The molecule has 21 heavy (non-hydrogen) atoms. The Balaban J connectivity index is 1.62. The van der Waals surface area contributed by atoms with Crippen LogP contribution in [0.25, 0.3) is 5.82 Å². The lowest BCUT2D eigenvalue weighted by atomic mass is 10.2. The fourth-order valence-electron chi connectivity index (χ4n) is 1.90. The third kappa shape index (κ3) is 3.17. The van der Waals surface area contributed by atoms with Crippen molar-refractivity contribution in [3.8, 4) is 11.6 Å². The lowest BCUT2D eigenvalue weighted by Gasteiger charge is -2.07. The van der Waals surface area contributed by atoms with Crippen molar-refractivity contribution in [2.45, 2.75) is 6.54 Å². The first-order valence-electron chi connectivity index (χ1n) is 6.53. The van der Waals surface area contributed by atoms with E-state index in [1.807, 2.05) is 36.4 Å². The molecule has 6 nitrogen and oxygen atoms in total. The van der Waals surface area contributed by atoms with Crippen LogP contribution in [-0.2, 0) is 6.54 Å². The first-order valence-corrected chi connectivity index (χ1v) is 6.53. The van der Waals surface area contributed by atoms with Crippen molar-refractivity contribution in [3.05, 3.63) is 60.8 Å². The van der Waals surface area contributed by atoms with Gasteiger partial charge >= 0.3 is 0 Å². The molecule has 0 spiro atoms. The van der Waals surface area contributed by atoms with Crippen molar-refractivity contribution in [3.63, 3.8) is 0 Å². The lowest BCUT2D eigenvalue weighted by Crippen LogP contribution is -2.02. The number of benzene rings is 1. The Morgan fingerprint density at radius 1 is 1.14 bits per heavy atom. The summed E-state index contributed by atoms with van der Waals surface area (Å²) in [5.74, 6) is 1.60. The molecule has 0 atom stereocenters. The van der Waals surface area contributed by atoms with Crippen LogP contribution in [0.15, 0.2) is 55.2 Å². The van der Waals surface area contributed by atoms with E-state index in [0.29, 0.717) is 0 Å². The smallest absolute Gasteiger partial charge is 0.155 e. The number of hydrogen-bond donors (Lipinski definition) is 1. The average Bonchev–Trinajstić information content (AvgIpc) is 3.08. The number of aromatic nitrogens is 4. The molecule has 6 heteroatoms. The van der Waals surface area contributed by atoms with Crippen molar-refractivity contribution in [1.82, 2.24) is 19.7 Å². The molecule has 3 aromatic rings. The second-order valence-corrected chi connectivity index (χ2v) is 4.45. The molecule has 0 aliphatic carbocycles. The van der Waals surface area contributed by atoms with Gasteiger partial charge in [0.15, 0.2) is 5.82 Å². The van der Waals surface area contributed by atoms with E-state index in [2.05, 4.69) is 20.4 Å². The van der Waals surface area contributed by atoms with Crippen LogP contribution in [0.2, 0.25) is 0 Å². The molecular weight excluding hydrogens is 266 g/mol. The molecule has 0 aliphatic rings. The third-order valence-electron chi connectivity index (χ3n) is 3.06. The highest BCUT2D eigenvalue weighted by Crippen LogP contribution is 2.14. The van der Waals surface area contributed by atoms with E-state index in [-0.39, 0.29) is 0 Å². The summed E-state index contributed by atoms with van der Waals surface area (Å²) in [6.45, 7) is 0.731. The monoisotopic (exact) mass is 281 g/mol. The number of nitrogens with zero attached hydrogens (tertiary/aromatic N) is 4. The van der Waals surface area contributed by atoms with Crippen LogP contribution < -0.4 is 10.1 Å². The number of nitrogens with one attached hydrogen (secondary N) is 1. The molecule has 0 aliphatic heterocycles. The van der Waals surface area contributed by atoms with Crippen LogP contribution in [-0.4, -0.2) is 26.9 Å². The summed E-state index contributed by atoms with van der Waals surface area (Å²) in [5.41, 5.74) is 2.13. The molecule has 0 amide bonds. The van der Waals surface area contributed by atoms with Gasteiger partial charge in [0.25, 0.3) is 0 Å². The van der Waals surface area contributed by atoms with Gasteiger partial charge in [0.05, 0.1) is 19.0 Å². The molecule has 1 aromatic carbocycles. The Morgan fingerprint density at radius 2 is 2.00 bits per heavy atom. The maximum atomic E-state index is 5.14. The maximum absolute atomic E-state index is 5.14. The summed E-state index contributed by atoms with van der Waals surface area (Å²) in [6, 6.07) is 11.8. The molecule has 3 rings (SSSR count). The second-order valence-electron chi connectivity index (χ2n) is 4.45. The van der Waals surface area contributed by atoms with Crippen LogP contribution in [0, 0.1) is 0 Å². The Hall–Kier alpha value is -2.89. The second kappa shape index (κ2) is 6.04. The highest BCUT2D eigenvalue weighted by molar-refractivity contribution is 5.44. The lowest BCUT2D eigenvalue weighted by molar-refractivity contribution is 0.414. The van der Waals surface area contributed by atoms with Gasteiger partial charge in [0.2, 0.25) is 0 Å². The van der Waals surface area contributed by atoms with E-state index >= 15 is 0 Å². The molecular formula is C15H15N5O. The number of methoxy groups -OCH3 is 1. The van der Waals surface area contributed by atoms with Crippen molar-refractivity contribution in [1.29, 1.82) is 0 Å². The molecule has 2 heterocycles. The zero-order valence-corrected chi connectivity index (χ0v) is 11.6. The largest absolute Gasteiger partial charge is 0.497 e. The highest BCUT2D eigenvalue weighted by atomic mass is 16.5. The molecule has 0 bridgehead atoms. The first-order chi connectivity index (χ1) is 10.3. The Bertz CT molecular complexity index is 677. The SMILES string of the molecule is COc1ccc(CNc2ccc(-n3cncn3)nc2)cc1. The normalized spacial score (nSPS) is 10.3. The maximum Gasteiger partial charge on any atom is 0.155 e. The predicted octanol–water partition coefficient (Wildman–Crippen LogP) is 2.28. The Morgan fingerprint density at radius 3 is 2.62 bits per heavy atom. The quantitative estimate of drug-likeness (QED) is 0.777. The molecule has 106 valence electrons. The summed E-state index contributed by atoms with van der Waals surface area (Å²) in [7, 11) is 1.66. The summed E-state index contributed by atoms with van der Waals surface area (Å²) >= 11 is 0. The number of pyridine rings is 1. The molecule has 0 saturated heterocycles. The van der Waals surface area contributed by atoms with Crippen LogP contribution in [0.4, 0.5) is 5.69 Å². The molecule has 0 fully saturated rings. The summed E-state index contributed by atoms with van der Waals surface area (Å²) in [5, 5.41) is 7.36. The minimum atomic E-state index is 0.731. The van der Waals surface area contributed by atoms with Gasteiger partial charge in [-0.15, -0.1) is 0 Å². The van der Waals surface area contributed by atoms with Crippen molar-refractivity contribution in [2.24, 2.45) is 0 Å². The van der Waals surface area contributed by atoms with Crippen molar-refractivity contribution in [2.75, 3.05) is 12.4 Å². The van der Waals surface area contributed by atoms with Gasteiger partial charge in [-0.05, 0) is 29.8 Å². The van der Waals surface area contributed by atoms with Crippen LogP contribution >= 0.6 is 0 Å². The first kappa shape index (κ1) is 13.1. The standard InChI is InChI=1S/C15H15N5O/c1-21-14-5-2-12(3-6-14)8-17-13-4-7-15(18-9-13)20-11-16-10-19-20/h2-7,9-11,17H,8H2,1H3. The Labute approximate surface area is 122 Å². The minimum absolute atomic E-state index is 0.731. The van der Waals surface area contributed by atoms with E-state index < -0.39 is 0 Å². The van der Waals surface area contributed by atoms with Gasteiger partial charge < -0.3 is 10.1 Å². The van der Waals surface area contributed by atoms with Gasteiger partial charge in [-0.25, -0.2) is 14.6 Å². The highest BCUT2D eigenvalue weighted by Gasteiger charge is 1.99. The van der Waals surface area contributed by atoms with Crippen molar-refractivity contribution >= 4 is 5.69 Å².